The van der Waals surface area contributed by atoms with Crippen LogP contribution in [0.3, 0.4) is 0 Å². The smallest absolute Gasteiger partial charge is 0.283 e. The predicted octanol–water partition coefficient (Wildman–Crippen LogP) is 5.27. The van der Waals surface area contributed by atoms with Gasteiger partial charge in [-0.25, -0.2) is 0 Å². The van der Waals surface area contributed by atoms with Crippen molar-refractivity contribution in [3.8, 4) is 5.88 Å². The number of aryl methyl sites for hydroxylation is 2. The SMILES string of the molecule is Cc1cccc(C)c1NCC(=O)N=Nc1c(O)n(C(C)C)c2ccccc12. The van der Waals surface area contributed by atoms with Gasteiger partial charge >= 0.3 is 0 Å². The third-order valence-corrected chi connectivity index (χ3v) is 4.53. The zero-order valence-electron chi connectivity index (χ0n) is 16.0. The molecule has 0 aliphatic heterocycles. The van der Waals surface area contributed by atoms with E-state index in [1.807, 2.05) is 70.2 Å². The van der Waals surface area contributed by atoms with Crippen LogP contribution in [0.5, 0.6) is 5.88 Å². The Hall–Kier alpha value is -3.15. The maximum Gasteiger partial charge on any atom is 0.283 e. The average molecular weight is 364 g/mol. The summed E-state index contributed by atoms with van der Waals surface area (Å²) in [6.45, 7) is 7.97. The summed E-state index contributed by atoms with van der Waals surface area (Å²) >= 11 is 0. The molecular formula is C21H24N4O2. The summed E-state index contributed by atoms with van der Waals surface area (Å²) in [5.74, 6) is -0.385. The topological polar surface area (TPSA) is 79.0 Å². The van der Waals surface area contributed by atoms with Crippen LogP contribution in [-0.4, -0.2) is 22.1 Å². The molecule has 0 atom stereocenters. The van der Waals surface area contributed by atoms with Crippen LogP contribution in [0.2, 0.25) is 0 Å². The van der Waals surface area contributed by atoms with Crippen LogP contribution in [-0.2, 0) is 4.79 Å². The number of aromatic hydroxyl groups is 1. The molecule has 0 unspecified atom stereocenters. The summed E-state index contributed by atoms with van der Waals surface area (Å²) in [5, 5.41) is 22.3. The minimum Gasteiger partial charge on any atom is -0.493 e. The first-order valence-electron chi connectivity index (χ1n) is 8.96. The molecule has 0 aliphatic carbocycles. The Balaban J connectivity index is 1.82. The highest BCUT2D eigenvalue weighted by Gasteiger charge is 2.18. The molecule has 0 spiro atoms. The molecule has 1 heterocycles. The minimum atomic E-state index is -0.404. The molecule has 0 radical (unpaired) electrons. The molecule has 1 aromatic heterocycles. The summed E-state index contributed by atoms with van der Waals surface area (Å²) in [4.78, 5) is 12.2. The van der Waals surface area contributed by atoms with Crippen LogP contribution in [0.1, 0.15) is 31.0 Å². The molecule has 6 nitrogen and oxygen atoms in total. The number of hydrogen-bond acceptors (Lipinski definition) is 4. The van der Waals surface area contributed by atoms with Gasteiger partial charge in [0.1, 0.15) is 0 Å². The maximum absolute atomic E-state index is 12.2. The first-order chi connectivity index (χ1) is 12.9. The Morgan fingerprint density at radius 3 is 2.44 bits per heavy atom. The lowest BCUT2D eigenvalue weighted by molar-refractivity contribution is -0.116. The van der Waals surface area contributed by atoms with Crippen molar-refractivity contribution in [1.82, 2.24) is 4.57 Å². The Kier molecular flexibility index (Phi) is 5.26. The van der Waals surface area contributed by atoms with Gasteiger partial charge in [0, 0.05) is 17.1 Å². The second-order valence-corrected chi connectivity index (χ2v) is 6.87. The molecule has 0 saturated heterocycles. The number of rotatable bonds is 5. The van der Waals surface area contributed by atoms with Crippen molar-refractivity contribution in [1.29, 1.82) is 0 Å². The normalized spacial score (nSPS) is 11.6. The number of para-hydroxylation sites is 2. The number of benzene rings is 2. The van der Waals surface area contributed by atoms with Gasteiger partial charge in [-0.1, -0.05) is 36.4 Å². The second-order valence-electron chi connectivity index (χ2n) is 6.87. The highest BCUT2D eigenvalue weighted by molar-refractivity contribution is 5.95. The van der Waals surface area contributed by atoms with Gasteiger partial charge in [0.25, 0.3) is 5.91 Å². The molecule has 6 heteroatoms. The minimum absolute atomic E-state index is 0.0189. The van der Waals surface area contributed by atoms with Crippen molar-refractivity contribution >= 4 is 28.2 Å². The average Bonchev–Trinajstić information content (AvgIpc) is 2.91. The number of aromatic nitrogens is 1. The van der Waals surface area contributed by atoms with Crippen molar-refractivity contribution < 1.29 is 9.90 Å². The lowest BCUT2D eigenvalue weighted by atomic mass is 10.1. The third-order valence-electron chi connectivity index (χ3n) is 4.53. The predicted molar refractivity (Wildman–Crippen MR) is 108 cm³/mol. The molecular weight excluding hydrogens is 340 g/mol. The first-order valence-corrected chi connectivity index (χ1v) is 8.96. The van der Waals surface area contributed by atoms with Gasteiger partial charge in [0.05, 0.1) is 12.1 Å². The molecule has 140 valence electrons. The number of fused-ring (bicyclic) bond motifs is 1. The van der Waals surface area contributed by atoms with E-state index in [9.17, 15) is 9.90 Å². The van der Waals surface area contributed by atoms with Gasteiger partial charge in [0.2, 0.25) is 5.88 Å². The fourth-order valence-electron chi connectivity index (χ4n) is 3.25. The zero-order valence-corrected chi connectivity index (χ0v) is 16.0. The van der Waals surface area contributed by atoms with E-state index < -0.39 is 5.91 Å². The van der Waals surface area contributed by atoms with E-state index in [2.05, 4.69) is 15.5 Å². The molecule has 1 amide bonds. The highest BCUT2D eigenvalue weighted by Crippen LogP contribution is 2.40. The van der Waals surface area contributed by atoms with Crippen molar-refractivity contribution in [2.24, 2.45) is 10.2 Å². The third kappa shape index (κ3) is 3.69. The number of amides is 1. The van der Waals surface area contributed by atoms with Gasteiger partial charge in [-0.05, 0) is 44.9 Å². The number of nitrogens with one attached hydrogen (secondary N) is 1. The van der Waals surface area contributed by atoms with Crippen molar-refractivity contribution in [2.75, 3.05) is 11.9 Å². The molecule has 0 aliphatic rings. The van der Waals surface area contributed by atoms with E-state index in [1.165, 1.54) is 0 Å². The molecule has 0 fully saturated rings. The monoisotopic (exact) mass is 364 g/mol. The maximum atomic E-state index is 12.2. The first kappa shape index (κ1) is 18.6. The fourth-order valence-corrected chi connectivity index (χ4v) is 3.25. The van der Waals surface area contributed by atoms with Gasteiger partial charge in [-0.15, -0.1) is 10.2 Å². The van der Waals surface area contributed by atoms with Gasteiger partial charge < -0.3 is 15.0 Å². The number of carbonyl (C=O) groups is 1. The van der Waals surface area contributed by atoms with Gasteiger partial charge in [0.15, 0.2) is 5.69 Å². The Morgan fingerprint density at radius 1 is 1.11 bits per heavy atom. The van der Waals surface area contributed by atoms with Crippen molar-refractivity contribution in [3.63, 3.8) is 0 Å². The Bertz CT molecular complexity index is 998. The van der Waals surface area contributed by atoms with Crippen LogP contribution in [0.15, 0.2) is 52.7 Å². The Morgan fingerprint density at radius 2 is 1.78 bits per heavy atom. The van der Waals surface area contributed by atoms with E-state index in [1.54, 1.807) is 4.57 Å². The van der Waals surface area contributed by atoms with E-state index in [-0.39, 0.29) is 18.5 Å². The lowest BCUT2D eigenvalue weighted by Crippen LogP contribution is -2.12. The zero-order chi connectivity index (χ0) is 19.6. The molecule has 3 rings (SSSR count). The number of nitrogens with zero attached hydrogens (tertiary/aromatic N) is 3. The van der Waals surface area contributed by atoms with Crippen molar-refractivity contribution in [3.05, 3.63) is 53.6 Å². The Labute approximate surface area is 158 Å². The van der Waals surface area contributed by atoms with Gasteiger partial charge in [-0.2, -0.15) is 0 Å². The highest BCUT2D eigenvalue weighted by atomic mass is 16.3. The molecule has 3 aromatic rings. The quantitative estimate of drug-likeness (QED) is 0.606. The number of azo groups is 1. The molecule has 2 aromatic carbocycles. The van der Waals surface area contributed by atoms with Crippen LogP contribution in [0, 0.1) is 13.8 Å². The van der Waals surface area contributed by atoms with E-state index >= 15 is 0 Å². The van der Waals surface area contributed by atoms with E-state index in [0.717, 1.165) is 27.7 Å². The summed E-state index contributed by atoms with van der Waals surface area (Å²) in [6.07, 6.45) is 0. The van der Waals surface area contributed by atoms with E-state index in [0.29, 0.717) is 5.69 Å². The summed E-state index contributed by atoms with van der Waals surface area (Å²) < 4.78 is 1.78. The fraction of sp³-hybridized carbons (Fsp3) is 0.286. The van der Waals surface area contributed by atoms with Gasteiger partial charge in [-0.3, -0.25) is 4.79 Å². The number of carbonyl (C=O) groups excluding carboxylic acids is 1. The standard InChI is InChI=1S/C21H24N4O2/c1-13(2)25-17-11-6-5-10-16(17)20(21(25)27)24-23-18(26)12-22-19-14(3)8-7-9-15(19)4/h5-11,13,22,27H,12H2,1-4H3. The summed E-state index contributed by atoms with van der Waals surface area (Å²) in [6, 6.07) is 13.6. The lowest BCUT2D eigenvalue weighted by Gasteiger charge is -2.10. The summed E-state index contributed by atoms with van der Waals surface area (Å²) in [5.41, 5.74) is 4.25. The van der Waals surface area contributed by atoms with Crippen LogP contribution in [0.25, 0.3) is 10.9 Å². The number of anilines is 1. The molecule has 2 N–H and O–H groups in total. The van der Waals surface area contributed by atoms with E-state index in [4.69, 9.17) is 0 Å². The molecule has 0 bridgehead atoms. The summed E-state index contributed by atoms with van der Waals surface area (Å²) in [7, 11) is 0. The largest absolute Gasteiger partial charge is 0.493 e. The second kappa shape index (κ2) is 7.61. The van der Waals surface area contributed by atoms with Crippen LogP contribution >= 0.6 is 0 Å². The molecule has 27 heavy (non-hydrogen) atoms. The van der Waals surface area contributed by atoms with Crippen LogP contribution in [0.4, 0.5) is 11.4 Å². The number of hydrogen-bond donors (Lipinski definition) is 2. The van der Waals surface area contributed by atoms with Crippen molar-refractivity contribution in [2.45, 2.75) is 33.7 Å². The van der Waals surface area contributed by atoms with Crippen LogP contribution < -0.4 is 5.32 Å². The molecule has 0 saturated carbocycles.